The molecule has 0 heterocycles. The molecular formula is C26H30N2O9. The molecule has 0 saturated heterocycles. The van der Waals surface area contributed by atoms with Gasteiger partial charge in [-0.25, -0.2) is 4.79 Å². The predicted molar refractivity (Wildman–Crippen MR) is 130 cm³/mol. The topological polar surface area (TPSA) is 168 Å². The number of aliphatic hydroxyl groups is 1. The molecule has 0 aliphatic rings. The van der Waals surface area contributed by atoms with Crippen LogP contribution < -0.4 is 10.6 Å². The van der Waals surface area contributed by atoms with E-state index in [2.05, 4.69) is 10.6 Å². The lowest BCUT2D eigenvalue weighted by Gasteiger charge is -2.27. The molecule has 2 amide bonds. The van der Waals surface area contributed by atoms with Gasteiger partial charge in [0.2, 0.25) is 0 Å². The van der Waals surface area contributed by atoms with Gasteiger partial charge < -0.3 is 30.3 Å². The largest absolute Gasteiger partial charge is 0.480 e. The Morgan fingerprint density at radius 3 is 1.95 bits per heavy atom. The number of ether oxygens (including phenoxy) is 2. The average Bonchev–Trinajstić information content (AvgIpc) is 2.89. The van der Waals surface area contributed by atoms with Crippen molar-refractivity contribution in [1.82, 2.24) is 10.6 Å². The van der Waals surface area contributed by atoms with Gasteiger partial charge in [-0.15, -0.1) is 0 Å². The SMILES string of the molecule is CCOC(=O)C[C@@H](C(=O)OCC)[C@@H](NC(=O)[C@H](O)[C@@H](NC(=O)c1ccccc1)c1ccccc1)C(=O)O. The number of benzene rings is 2. The fraction of sp³-hybridized carbons (Fsp3) is 0.346. The van der Waals surface area contributed by atoms with Crippen LogP contribution in [-0.4, -0.2) is 65.3 Å². The zero-order valence-electron chi connectivity index (χ0n) is 20.5. The molecule has 2 aromatic rings. The van der Waals surface area contributed by atoms with Crippen molar-refractivity contribution in [3.8, 4) is 0 Å². The molecule has 2 aromatic carbocycles. The minimum absolute atomic E-state index is 0.00292. The third-order valence-electron chi connectivity index (χ3n) is 5.31. The minimum atomic E-state index is -1.96. The van der Waals surface area contributed by atoms with Crippen molar-refractivity contribution in [3.05, 3.63) is 71.8 Å². The van der Waals surface area contributed by atoms with Crippen LogP contribution in [0.3, 0.4) is 0 Å². The van der Waals surface area contributed by atoms with Crippen molar-refractivity contribution in [3.63, 3.8) is 0 Å². The summed E-state index contributed by atoms with van der Waals surface area (Å²) in [5.41, 5.74) is 0.644. The summed E-state index contributed by atoms with van der Waals surface area (Å²) in [6.07, 6.45) is -2.63. The molecule has 0 saturated carbocycles. The van der Waals surface area contributed by atoms with Gasteiger partial charge in [-0.1, -0.05) is 48.5 Å². The molecule has 0 aromatic heterocycles. The summed E-state index contributed by atoms with van der Waals surface area (Å²) in [6.45, 7) is 2.94. The van der Waals surface area contributed by atoms with E-state index in [9.17, 15) is 34.2 Å². The van der Waals surface area contributed by atoms with Crippen molar-refractivity contribution in [2.75, 3.05) is 13.2 Å². The molecule has 0 radical (unpaired) electrons. The van der Waals surface area contributed by atoms with Crippen LogP contribution >= 0.6 is 0 Å². The molecule has 37 heavy (non-hydrogen) atoms. The van der Waals surface area contributed by atoms with E-state index >= 15 is 0 Å². The number of nitrogens with one attached hydrogen (secondary N) is 2. The molecule has 2 rings (SSSR count). The maximum Gasteiger partial charge on any atom is 0.327 e. The van der Waals surface area contributed by atoms with Gasteiger partial charge in [-0.05, 0) is 31.5 Å². The van der Waals surface area contributed by atoms with Crippen LogP contribution in [0.2, 0.25) is 0 Å². The predicted octanol–water partition coefficient (Wildman–Crippen LogP) is 1.22. The fourth-order valence-electron chi connectivity index (χ4n) is 3.53. The molecule has 0 unspecified atom stereocenters. The summed E-state index contributed by atoms with van der Waals surface area (Å²) in [7, 11) is 0. The third kappa shape index (κ3) is 8.43. The van der Waals surface area contributed by atoms with Crippen LogP contribution in [0.4, 0.5) is 0 Å². The quantitative estimate of drug-likeness (QED) is 0.287. The second kappa shape index (κ2) is 14.3. The molecule has 0 bridgehead atoms. The number of aliphatic carboxylic acids is 1. The summed E-state index contributed by atoms with van der Waals surface area (Å²) in [4.78, 5) is 62.3. The molecule has 11 nitrogen and oxygen atoms in total. The number of carboxylic acid groups (broad SMARTS) is 1. The lowest BCUT2D eigenvalue weighted by molar-refractivity contribution is -0.160. The second-order valence-electron chi connectivity index (χ2n) is 7.86. The summed E-state index contributed by atoms with van der Waals surface area (Å²) in [6, 6.07) is 13.0. The van der Waals surface area contributed by atoms with Gasteiger partial charge >= 0.3 is 17.9 Å². The van der Waals surface area contributed by atoms with Crippen LogP contribution in [0.1, 0.15) is 42.2 Å². The first kappa shape index (κ1) is 29.0. The number of amides is 2. The molecule has 0 aliphatic carbocycles. The second-order valence-corrected chi connectivity index (χ2v) is 7.86. The maximum absolute atomic E-state index is 13.0. The van der Waals surface area contributed by atoms with Gasteiger partial charge in [0.25, 0.3) is 11.8 Å². The van der Waals surface area contributed by atoms with Crippen LogP contribution in [0.15, 0.2) is 60.7 Å². The number of rotatable bonds is 13. The minimum Gasteiger partial charge on any atom is -0.480 e. The Hall–Kier alpha value is -4.25. The number of aliphatic hydroxyl groups excluding tert-OH is 1. The highest BCUT2D eigenvalue weighted by Crippen LogP contribution is 2.20. The first-order valence-corrected chi connectivity index (χ1v) is 11.6. The van der Waals surface area contributed by atoms with E-state index < -0.39 is 60.2 Å². The Morgan fingerprint density at radius 1 is 0.838 bits per heavy atom. The highest BCUT2D eigenvalue weighted by atomic mass is 16.5. The third-order valence-corrected chi connectivity index (χ3v) is 5.31. The first-order chi connectivity index (χ1) is 17.7. The van der Waals surface area contributed by atoms with E-state index in [1.54, 1.807) is 60.7 Å². The van der Waals surface area contributed by atoms with Gasteiger partial charge in [0.05, 0.1) is 31.6 Å². The molecule has 0 fully saturated rings. The molecule has 4 atom stereocenters. The Labute approximate surface area is 213 Å². The van der Waals surface area contributed by atoms with Crippen LogP contribution in [-0.2, 0) is 28.7 Å². The van der Waals surface area contributed by atoms with Gasteiger partial charge in [-0.2, -0.15) is 0 Å². The summed E-state index contributed by atoms with van der Waals surface area (Å²) in [5, 5.41) is 25.4. The Bertz CT molecular complexity index is 1080. The number of carbonyl (C=O) groups excluding carboxylic acids is 4. The first-order valence-electron chi connectivity index (χ1n) is 11.6. The molecule has 0 aliphatic heterocycles. The summed E-state index contributed by atoms with van der Waals surface area (Å²) in [5.74, 6) is -6.92. The summed E-state index contributed by atoms with van der Waals surface area (Å²) >= 11 is 0. The zero-order chi connectivity index (χ0) is 27.4. The number of carbonyl (C=O) groups is 5. The number of hydrogen-bond donors (Lipinski definition) is 4. The lowest BCUT2D eigenvalue weighted by atomic mass is 9.94. The van der Waals surface area contributed by atoms with Crippen LogP contribution in [0.25, 0.3) is 0 Å². The number of carboxylic acids is 1. The van der Waals surface area contributed by atoms with Gasteiger partial charge in [0.1, 0.15) is 6.04 Å². The zero-order valence-corrected chi connectivity index (χ0v) is 20.5. The Kier molecular flexibility index (Phi) is 11.2. The van der Waals surface area contributed by atoms with E-state index in [0.717, 1.165) is 0 Å². The normalized spacial score (nSPS) is 13.8. The fourth-order valence-corrected chi connectivity index (χ4v) is 3.53. The number of hydrogen-bond acceptors (Lipinski definition) is 8. The smallest absolute Gasteiger partial charge is 0.327 e. The van der Waals surface area contributed by atoms with Crippen molar-refractivity contribution in [2.24, 2.45) is 5.92 Å². The van der Waals surface area contributed by atoms with Crippen molar-refractivity contribution < 1.29 is 43.7 Å². The maximum atomic E-state index is 13.0. The average molecular weight is 515 g/mol. The van der Waals surface area contributed by atoms with Crippen LogP contribution in [0.5, 0.6) is 0 Å². The lowest BCUT2D eigenvalue weighted by Crippen LogP contribution is -2.54. The molecule has 4 N–H and O–H groups in total. The molecular weight excluding hydrogens is 484 g/mol. The van der Waals surface area contributed by atoms with Crippen molar-refractivity contribution in [1.29, 1.82) is 0 Å². The highest BCUT2D eigenvalue weighted by molar-refractivity contribution is 5.96. The van der Waals surface area contributed by atoms with E-state index in [1.165, 1.54) is 13.8 Å². The van der Waals surface area contributed by atoms with E-state index in [4.69, 9.17) is 9.47 Å². The van der Waals surface area contributed by atoms with E-state index in [-0.39, 0.29) is 18.8 Å². The monoisotopic (exact) mass is 514 g/mol. The molecule has 198 valence electrons. The van der Waals surface area contributed by atoms with Crippen molar-refractivity contribution in [2.45, 2.75) is 38.5 Å². The van der Waals surface area contributed by atoms with Gasteiger partial charge in [0, 0.05) is 5.56 Å². The Morgan fingerprint density at radius 2 is 1.41 bits per heavy atom. The van der Waals surface area contributed by atoms with E-state index in [1.807, 2.05) is 0 Å². The van der Waals surface area contributed by atoms with Gasteiger partial charge in [0.15, 0.2) is 6.10 Å². The molecule has 11 heteroatoms. The number of esters is 2. The van der Waals surface area contributed by atoms with Gasteiger partial charge in [-0.3, -0.25) is 19.2 Å². The Balaban J connectivity index is 2.32. The molecule has 0 spiro atoms. The van der Waals surface area contributed by atoms with E-state index in [0.29, 0.717) is 5.56 Å². The summed E-state index contributed by atoms with van der Waals surface area (Å²) < 4.78 is 9.71. The highest BCUT2D eigenvalue weighted by Gasteiger charge is 2.40. The van der Waals surface area contributed by atoms with Crippen LogP contribution in [0, 0.1) is 5.92 Å². The standard InChI is InChI=1S/C26H30N2O9/c1-3-36-19(29)15-18(26(35)37-4-2)21(25(33)34)28-24(32)22(30)20(16-11-7-5-8-12-16)27-23(31)17-13-9-6-10-14-17/h5-14,18,20-22,30H,3-4,15H2,1-2H3,(H,27,31)(H,28,32)(H,33,34)/t18-,20+,21-,22-/m1/s1. The van der Waals surface area contributed by atoms with Crippen molar-refractivity contribution >= 4 is 29.7 Å².